The average molecular weight is 397 g/mol. The molecule has 4 nitrogen and oxygen atoms in total. The molecule has 7 heteroatoms. The van der Waals surface area contributed by atoms with Gasteiger partial charge in [-0.2, -0.15) is 18.4 Å². The summed E-state index contributed by atoms with van der Waals surface area (Å²) in [5, 5.41) is 12.0. The molecule has 148 valence electrons. The van der Waals surface area contributed by atoms with E-state index in [1.807, 2.05) is 38.1 Å². The first-order chi connectivity index (χ1) is 13.7. The Kier molecular flexibility index (Phi) is 5.46. The predicted octanol–water partition coefficient (Wildman–Crippen LogP) is 4.91. The van der Waals surface area contributed by atoms with Crippen LogP contribution < -0.4 is 5.32 Å². The van der Waals surface area contributed by atoms with Crippen LogP contribution in [-0.4, -0.2) is 10.5 Å². The van der Waals surface area contributed by atoms with Crippen LogP contribution in [0.4, 0.5) is 13.2 Å². The number of alkyl halides is 3. The molecule has 0 fully saturated rings. The summed E-state index contributed by atoms with van der Waals surface area (Å²) in [6, 6.07) is 14.0. The van der Waals surface area contributed by atoms with Crippen LogP contribution in [-0.2, 0) is 12.7 Å². The minimum Gasteiger partial charge on any atom is -0.347 e. The van der Waals surface area contributed by atoms with Gasteiger partial charge in [-0.05, 0) is 49.2 Å². The quantitative estimate of drug-likeness (QED) is 0.680. The smallest absolute Gasteiger partial charge is 0.347 e. The molecule has 1 aromatic heterocycles. The van der Waals surface area contributed by atoms with Crippen LogP contribution in [0.25, 0.3) is 5.69 Å². The van der Waals surface area contributed by atoms with Gasteiger partial charge in [0.25, 0.3) is 5.91 Å². The first-order valence-electron chi connectivity index (χ1n) is 8.84. The number of aryl methyl sites for hydroxylation is 2. The second-order valence-electron chi connectivity index (χ2n) is 6.73. The third kappa shape index (κ3) is 4.32. The van der Waals surface area contributed by atoms with E-state index in [0.717, 1.165) is 28.9 Å². The number of hydrogen-bond acceptors (Lipinski definition) is 2. The lowest BCUT2D eigenvalue weighted by Crippen LogP contribution is -2.26. The van der Waals surface area contributed by atoms with Gasteiger partial charge in [0.15, 0.2) is 0 Å². The van der Waals surface area contributed by atoms with E-state index < -0.39 is 17.6 Å². The normalized spacial score (nSPS) is 11.2. The molecule has 0 saturated heterocycles. The zero-order chi connectivity index (χ0) is 21.2. The number of nitrogens with zero attached hydrogens (tertiary/aromatic N) is 2. The highest BCUT2D eigenvalue weighted by Crippen LogP contribution is 2.29. The molecule has 3 aromatic rings. The van der Waals surface area contributed by atoms with Crippen molar-refractivity contribution in [3.05, 3.63) is 88.2 Å². The fourth-order valence-corrected chi connectivity index (χ4v) is 3.15. The third-order valence-corrected chi connectivity index (χ3v) is 4.54. The Labute approximate surface area is 166 Å². The standard InChI is InChI=1S/C22H18F3N3O/c1-14-6-7-19(15(2)10-14)28-9-8-17(12-26)20(28)21(29)27-13-16-4-3-5-18(11-16)22(23,24)25/h3-11H,13H2,1-2H3,(H,27,29). The second-order valence-corrected chi connectivity index (χ2v) is 6.73. The molecule has 3 rings (SSSR count). The third-order valence-electron chi connectivity index (χ3n) is 4.54. The average Bonchev–Trinajstić information content (AvgIpc) is 3.09. The van der Waals surface area contributed by atoms with E-state index in [2.05, 4.69) is 5.32 Å². The van der Waals surface area contributed by atoms with Crippen LogP contribution in [0.3, 0.4) is 0 Å². The molecule has 0 bridgehead atoms. The molecule has 0 atom stereocenters. The van der Waals surface area contributed by atoms with Crippen LogP contribution in [0.5, 0.6) is 0 Å². The highest BCUT2D eigenvalue weighted by atomic mass is 19.4. The molecule has 1 N–H and O–H groups in total. The summed E-state index contributed by atoms with van der Waals surface area (Å²) in [6.07, 6.45) is -2.82. The van der Waals surface area contributed by atoms with Crippen LogP contribution in [0.1, 0.15) is 38.3 Å². The minimum absolute atomic E-state index is 0.0916. The van der Waals surface area contributed by atoms with Crippen molar-refractivity contribution in [1.29, 1.82) is 5.26 Å². The molecular weight excluding hydrogens is 379 g/mol. The van der Waals surface area contributed by atoms with Gasteiger partial charge in [-0.1, -0.05) is 29.8 Å². The number of amides is 1. The van der Waals surface area contributed by atoms with Crippen molar-refractivity contribution < 1.29 is 18.0 Å². The van der Waals surface area contributed by atoms with E-state index >= 15 is 0 Å². The first-order valence-corrected chi connectivity index (χ1v) is 8.84. The van der Waals surface area contributed by atoms with Gasteiger partial charge < -0.3 is 9.88 Å². The summed E-state index contributed by atoms with van der Waals surface area (Å²) < 4.78 is 40.2. The highest BCUT2D eigenvalue weighted by molar-refractivity contribution is 5.96. The molecule has 0 aliphatic rings. The summed E-state index contributed by atoms with van der Waals surface area (Å²) in [4.78, 5) is 12.8. The molecule has 0 aliphatic carbocycles. The topological polar surface area (TPSA) is 57.8 Å². The Morgan fingerprint density at radius 3 is 2.55 bits per heavy atom. The number of aromatic nitrogens is 1. The summed E-state index contributed by atoms with van der Waals surface area (Å²) in [6.45, 7) is 3.76. The Morgan fingerprint density at radius 1 is 1.14 bits per heavy atom. The molecule has 0 radical (unpaired) electrons. The summed E-state index contributed by atoms with van der Waals surface area (Å²) in [5.74, 6) is -0.538. The van der Waals surface area contributed by atoms with Gasteiger partial charge in [0.2, 0.25) is 0 Å². The number of nitrogens with one attached hydrogen (secondary N) is 1. The molecule has 0 unspecified atom stereocenters. The minimum atomic E-state index is -4.45. The fourth-order valence-electron chi connectivity index (χ4n) is 3.15. The van der Waals surface area contributed by atoms with Crippen molar-refractivity contribution in [3.63, 3.8) is 0 Å². The maximum atomic E-state index is 12.9. The Balaban J connectivity index is 1.88. The monoisotopic (exact) mass is 397 g/mol. The van der Waals surface area contributed by atoms with Crippen molar-refractivity contribution in [1.82, 2.24) is 9.88 Å². The van der Waals surface area contributed by atoms with Gasteiger partial charge in [0.05, 0.1) is 11.1 Å². The van der Waals surface area contributed by atoms with Gasteiger partial charge in [0.1, 0.15) is 11.8 Å². The van der Waals surface area contributed by atoms with Crippen molar-refractivity contribution in [2.75, 3.05) is 0 Å². The van der Waals surface area contributed by atoms with E-state index in [-0.39, 0.29) is 17.8 Å². The van der Waals surface area contributed by atoms with Gasteiger partial charge in [-0.25, -0.2) is 0 Å². The Hall–Kier alpha value is -3.53. The maximum absolute atomic E-state index is 12.9. The predicted molar refractivity (Wildman–Crippen MR) is 103 cm³/mol. The van der Waals surface area contributed by atoms with E-state index in [9.17, 15) is 23.2 Å². The summed E-state index contributed by atoms with van der Waals surface area (Å²) >= 11 is 0. The van der Waals surface area contributed by atoms with Crippen LogP contribution in [0.15, 0.2) is 54.7 Å². The van der Waals surface area contributed by atoms with E-state index in [1.54, 1.807) is 16.8 Å². The summed E-state index contributed by atoms with van der Waals surface area (Å²) in [5.41, 5.74) is 2.61. The molecular formula is C22H18F3N3O. The lowest BCUT2D eigenvalue weighted by molar-refractivity contribution is -0.137. The lowest BCUT2D eigenvalue weighted by Gasteiger charge is -2.14. The molecule has 0 saturated carbocycles. The van der Waals surface area contributed by atoms with Crippen molar-refractivity contribution in [2.24, 2.45) is 0 Å². The van der Waals surface area contributed by atoms with Crippen LogP contribution in [0, 0.1) is 25.2 Å². The van der Waals surface area contributed by atoms with E-state index in [1.165, 1.54) is 12.1 Å². The second kappa shape index (κ2) is 7.84. The Bertz CT molecular complexity index is 1110. The van der Waals surface area contributed by atoms with Gasteiger partial charge in [0, 0.05) is 18.4 Å². The number of benzene rings is 2. The lowest BCUT2D eigenvalue weighted by atomic mass is 10.1. The van der Waals surface area contributed by atoms with Gasteiger partial charge >= 0.3 is 6.18 Å². The molecule has 0 aliphatic heterocycles. The number of hydrogen-bond donors (Lipinski definition) is 1. The molecule has 1 heterocycles. The Morgan fingerprint density at radius 2 is 1.90 bits per heavy atom. The largest absolute Gasteiger partial charge is 0.416 e. The fraction of sp³-hybridized carbons (Fsp3) is 0.182. The van der Waals surface area contributed by atoms with Gasteiger partial charge in [-0.15, -0.1) is 0 Å². The number of carbonyl (C=O) groups is 1. The maximum Gasteiger partial charge on any atom is 0.416 e. The van der Waals surface area contributed by atoms with Crippen molar-refractivity contribution in [2.45, 2.75) is 26.6 Å². The van der Waals surface area contributed by atoms with Crippen molar-refractivity contribution in [3.8, 4) is 11.8 Å². The zero-order valence-electron chi connectivity index (χ0n) is 15.8. The van der Waals surface area contributed by atoms with Crippen LogP contribution >= 0.6 is 0 Å². The van der Waals surface area contributed by atoms with Gasteiger partial charge in [-0.3, -0.25) is 4.79 Å². The summed E-state index contributed by atoms with van der Waals surface area (Å²) in [7, 11) is 0. The number of nitriles is 1. The highest BCUT2D eigenvalue weighted by Gasteiger charge is 2.30. The number of rotatable bonds is 4. The molecule has 1 amide bonds. The molecule has 2 aromatic carbocycles. The van der Waals surface area contributed by atoms with Crippen LogP contribution in [0.2, 0.25) is 0 Å². The van der Waals surface area contributed by atoms with E-state index in [4.69, 9.17) is 0 Å². The SMILES string of the molecule is Cc1ccc(-n2ccc(C#N)c2C(=O)NCc2cccc(C(F)(F)F)c2)c(C)c1. The number of carbonyl (C=O) groups excluding carboxylic acids is 1. The van der Waals surface area contributed by atoms with Crippen molar-refractivity contribution >= 4 is 5.91 Å². The molecule has 0 spiro atoms. The number of halogens is 3. The first kappa shape index (κ1) is 20.2. The zero-order valence-corrected chi connectivity index (χ0v) is 15.8. The van der Waals surface area contributed by atoms with E-state index in [0.29, 0.717) is 5.56 Å². The molecule has 29 heavy (non-hydrogen) atoms.